The fourth-order valence-electron chi connectivity index (χ4n) is 1.77. The molecule has 74 valence electrons. The van der Waals surface area contributed by atoms with Crippen molar-refractivity contribution in [3.63, 3.8) is 0 Å². The summed E-state index contributed by atoms with van der Waals surface area (Å²) in [4.78, 5) is 2.58. The van der Waals surface area contributed by atoms with Crippen LogP contribution in [0.5, 0.6) is 0 Å². The highest BCUT2D eigenvalue weighted by Crippen LogP contribution is 2.18. The van der Waals surface area contributed by atoms with Crippen molar-refractivity contribution in [3.05, 3.63) is 0 Å². The second-order valence-corrected chi connectivity index (χ2v) is 3.54. The molecule has 0 radical (unpaired) electrons. The van der Waals surface area contributed by atoms with E-state index in [-0.39, 0.29) is 0 Å². The molecular weight excluding hydrogens is 146 g/mol. The lowest BCUT2D eigenvalue weighted by Gasteiger charge is -2.20. The van der Waals surface area contributed by atoms with Crippen molar-refractivity contribution in [2.75, 3.05) is 13.1 Å². The zero-order chi connectivity index (χ0) is 9.40. The quantitative estimate of drug-likeness (QED) is 0.616. The molecule has 0 aromatic rings. The Morgan fingerprint density at radius 2 is 1.75 bits per heavy atom. The molecule has 0 aromatic heterocycles. The van der Waals surface area contributed by atoms with E-state index in [1.165, 1.54) is 38.8 Å². The summed E-state index contributed by atoms with van der Waals surface area (Å²) in [6.45, 7) is 11.4. The Kier molecular flexibility index (Phi) is 7.58. The Hall–Kier alpha value is -0.0400. The van der Waals surface area contributed by atoms with Crippen LogP contribution in [0.25, 0.3) is 0 Å². The van der Waals surface area contributed by atoms with E-state index in [1.54, 1.807) is 0 Å². The Morgan fingerprint density at radius 1 is 1.17 bits per heavy atom. The summed E-state index contributed by atoms with van der Waals surface area (Å²) < 4.78 is 0. The highest BCUT2D eigenvalue weighted by Gasteiger charge is 2.20. The lowest BCUT2D eigenvalue weighted by atomic mass is 10.2. The topological polar surface area (TPSA) is 3.24 Å². The molecule has 1 unspecified atom stereocenters. The fraction of sp³-hybridized carbons (Fsp3) is 1.00. The van der Waals surface area contributed by atoms with Crippen molar-refractivity contribution >= 4 is 0 Å². The summed E-state index contributed by atoms with van der Waals surface area (Å²) >= 11 is 0. The monoisotopic (exact) mass is 171 g/mol. The van der Waals surface area contributed by atoms with E-state index in [4.69, 9.17) is 0 Å². The number of rotatable bonds is 2. The molecule has 0 aromatic carbocycles. The molecule has 0 N–H and O–H groups in total. The third-order valence-electron chi connectivity index (χ3n) is 2.38. The standard InChI is InChI=1S/C8H17N.C3H8/c1-3-8-6-5-7-9(8)4-2;1-3-2/h8H,3-7H2,1-2H3;3H2,1-2H3. The van der Waals surface area contributed by atoms with Gasteiger partial charge < -0.3 is 4.90 Å². The molecule has 1 rings (SSSR count). The maximum Gasteiger partial charge on any atom is 0.00929 e. The van der Waals surface area contributed by atoms with Crippen LogP contribution in [-0.4, -0.2) is 24.0 Å². The lowest BCUT2D eigenvalue weighted by molar-refractivity contribution is 0.262. The summed E-state index contributed by atoms with van der Waals surface area (Å²) in [7, 11) is 0. The maximum atomic E-state index is 2.58. The molecule has 1 atom stereocenters. The predicted octanol–water partition coefficient (Wildman–Crippen LogP) is 3.30. The molecule has 0 saturated carbocycles. The molecule has 1 fully saturated rings. The molecule has 1 aliphatic heterocycles. The van der Waals surface area contributed by atoms with Crippen molar-refractivity contribution in [2.45, 2.75) is 59.4 Å². The smallest absolute Gasteiger partial charge is 0.00929 e. The Morgan fingerprint density at radius 3 is 2.08 bits per heavy atom. The second-order valence-electron chi connectivity index (χ2n) is 3.54. The van der Waals surface area contributed by atoms with Gasteiger partial charge in [0, 0.05) is 6.04 Å². The van der Waals surface area contributed by atoms with Gasteiger partial charge in [0.1, 0.15) is 0 Å². The van der Waals surface area contributed by atoms with Crippen LogP contribution in [0.1, 0.15) is 53.4 Å². The van der Waals surface area contributed by atoms with E-state index in [0.29, 0.717) is 0 Å². The zero-order valence-electron chi connectivity index (χ0n) is 9.27. The van der Waals surface area contributed by atoms with Crippen LogP contribution < -0.4 is 0 Å². The molecule has 0 aliphatic carbocycles. The number of likely N-dealkylation sites (tertiary alicyclic amines) is 1. The maximum absolute atomic E-state index is 2.58. The molecule has 1 saturated heterocycles. The van der Waals surface area contributed by atoms with Gasteiger partial charge in [-0.1, -0.05) is 34.1 Å². The van der Waals surface area contributed by atoms with Crippen molar-refractivity contribution in [2.24, 2.45) is 0 Å². The van der Waals surface area contributed by atoms with Crippen LogP contribution in [-0.2, 0) is 0 Å². The third-order valence-corrected chi connectivity index (χ3v) is 2.38. The average molecular weight is 171 g/mol. The number of hydrogen-bond acceptors (Lipinski definition) is 1. The van der Waals surface area contributed by atoms with Gasteiger partial charge in [-0.3, -0.25) is 0 Å². The molecule has 1 heterocycles. The normalized spacial score (nSPS) is 23.5. The summed E-state index contributed by atoms with van der Waals surface area (Å²) in [6.07, 6.45) is 5.45. The molecule has 0 bridgehead atoms. The van der Waals surface area contributed by atoms with Gasteiger partial charge in [0.05, 0.1) is 0 Å². The summed E-state index contributed by atoms with van der Waals surface area (Å²) in [5, 5.41) is 0. The van der Waals surface area contributed by atoms with Crippen LogP contribution in [0.3, 0.4) is 0 Å². The fourth-order valence-corrected chi connectivity index (χ4v) is 1.77. The van der Waals surface area contributed by atoms with Crippen molar-refractivity contribution in [1.82, 2.24) is 4.90 Å². The van der Waals surface area contributed by atoms with Crippen LogP contribution in [0.4, 0.5) is 0 Å². The van der Waals surface area contributed by atoms with E-state index in [9.17, 15) is 0 Å². The zero-order valence-corrected chi connectivity index (χ0v) is 9.27. The van der Waals surface area contributed by atoms with Crippen molar-refractivity contribution in [3.8, 4) is 0 Å². The first-order valence-electron chi connectivity index (χ1n) is 5.54. The lowest BCUT2D eigenvalue weighted by Crippen LogP contribution is -2.28. The first-order valence-corrected chi connectivity index (χ1v) is 5.54. The van der Waals surface area contributed by atoms with Gasteiger partial charge in [0.2, 0.25) is 0 Å². The van der Waals surface area contributed by atoms with Gasteiger partial charge in [-0.05, 0) is 32.4 Å². The van der Waals surface area contributed by atoms with E-state index in [0.717, 1.165) is 6.04 Å². The number of hydrogen-bond donors (Lipinski definition) is 0. The van der Waals surface area contributed by atoms with Crippen LogP contribution >= 0.6 is 0 Å². The summed E-state index contributed by atoms with van der Waals surface area (Å²) in [6, 6.07) is 0.912. The third kappa shape index (κ3) is 4.10. The first kappa shape index (κ1) is 12.0. The highest BCUT2D eigenvalue weighted by atomic mass is 15.2. The molecule has 1 nitrogen and oxygen atoms in total. The van der Waals surface area contributed by atoms with E-state index >= 15 is 0 Å². The Bertz CT molecular complexity index is 81.0. The predicted molar refractivity (Wildman–Crippen MR) is 56.5 cm³/mol. The van der Waals surface area contributed by atoms with Gasteiger partial charge in [0.15, 0.2) is 0 Å². The SMILES string of the molecule is CCC.CCC1CCCN1CC. The van der Waals surface area contributed by atoms with Crippen LogP contribution in [0, 0.1) is 0 Å². The van der Waals surface area contributed by atoms with Gasteiger partial charge in [-0.25, -0.2) is 0 Å². The molecular formula is C11H25N. The van der Waals surface area contributed by atoms with E-state index in [2.05, 4.69) is 32.6 Å². The van der Waals surface area contributed by atoms with Crippen LogP contribution in [0.2, 0.25) is 0 Å². The largest absolute Gasteiger partial charge is 0.301 e. The first-order chi connectivity index (χ1) is 5.79. The minimum Gasteiger partial charge on any atom is -0.301 e. The van der Waals surface area contributed by atoms with Crippen LogP contribution in [0.15, 0.2) is 0 Å². The summed E-state index contributed by atoms with van der Waals surface area (Å²) in [5.74, 6) is 0. The Balaban J connectivity index is 0.000000354. The van der Waals surface area contributed by atoms with E-state index in [1.807, 2.05) is 0 Å². The number of nitrogens with zero attached hydrogens (tertiary/aromatic N) is 1. The van der Waals surface area contributed by atoms with Gasteiger partial charge in [-0.2, -0.15) is 0 Å². The molecule has 0 amide bonds. The van der Waals surface area contributed by atoms with Gasteiger partial charge in [0.25, 0.3) is 0 Å². The van der Waals surface area contributed by atoms with E-state index < -0.39 is 0 Å². The molecule has 1 heteroatoms. The molecule has 12 heavy (non-hydrogen) atoms. The average Bonchev–Trinajstić information content (AvgIpc) is 2.52. The second kappa shape index (κ2) is 7.60. The van der Waals surface area contributed by atoms with Gasteiger partial charge in [-0.15, -0.1) is 0 Å². The minimum atomic E-state index is 0.912. The van der Waals surface area contributed by atoms with Crippen molar-refractivity contribution < 1.29 is 0 Å². The molecule has 0 spiro atoms. The van der Waals surface area contributed by atoms with Gasteiger partial charge >= 0.3 is 0 Å². The summed E-state index contributed by atoms with van der Waals surface area (Å²) in [5.41, 5.74) is 0. The highest BCUT2D eigenvalue weighted by molar-refractivity contribution is 4.76. The molecule has 1 aliphatic rings. The minimum absolute atomic E-state index is 0.912. The van der Waals surface area contributed by atoms with Crippen molar-refractivity contribution in [1.29, 1.82) is 0 Å². The Labute approximate surface area is 78.1 Å².